The summed E-state index contributed by atoms with van der Waals surface area (Å²) in [6, 6.07) is 17.5. The lowest BCUT2D eigenvalue weighted by Crippen LogP contribution is -2.29. The molecule has 2 aliphatic heterocycles. The molecule has 2 aliphatic rings. The van der Waals surface area contributed by atoms with Gasteiger partial charge in [0.25, 0.3) is 0 Å². The summed E-state index contributed by atoms with van der Waals surface area (Å²) in [5.74, 6) is 4.75. The van der Waals surface area contributed by atoms with Crippen molar-refractivity contribution in [2.45, 2.75) is 38.5 Å². The smallest absolute Gasteiger partial charge is 0.209 e. The summed E-state index contributed by atoms with van der Waals surface area (Å²) in [4.78, 5) is 2.35. The van der Waals surface area contributed by atoms with Gasteiger partial charge in [-0.15, -0.1) is 0 Å². The predicted molar refractivity (Wildman–Crippen MR) is 119 cm³/mol. The summed E-state index contributed by atoms with van der Waals surface area (Å²) in [6.07, 6.45) is 0. The maximum Gasteiger partial charge on any atom is 0.209 e. The number of fused-ring (bicyclic) bond motifs is 2. The maximum absolute atomic E-state index is 2.37. The SMILES string of the molecule is CN1/C(=C\P=CC2=[N+](C)c3ccccc3C2(C)C)C(C)(C)c2ccccc21. The number of likely N-dealkylation sites (N-methyl/N-ethyl adjacent to an activating group) is 1. The van der Waals surface area contributed by atoms with Crippen LogP contribution in [0.3, 0.4) is 0 Å². The fraction of sp³-hybridized carbons (Fsp3) is 0.333. The summed E-state index contributed by atoms with van der Waals surface area (Å²) in [7, 11) is 5.59. The van der Waals surface area contributed by atoms with Gasteiger partial charge in [0.05, 0.1) is 5.41 Å². The van der Waals surface area contributed by atoms with Crippen molar-refractivity contribution in [2.75, 3.05) is 19.0 Å². The molecule has 0 aliphatic carbocycles. The van der Waals surface area contributed by atoms with E-state index in [0.29, 0.717) is 0 Å². The molecule has 0 aromatic heterocycles. The largest absolute Gasteiger partial charge is 0.347 e. The van der Waals surface area contributed by atoms with Crippen LogP contribution in [0, 0.1) is 0 Å². The van der Waals surface area contributed by atoms with Gasteiger partial charge in [0.2, 0.25) is 5.69 Å². The van der Waals surface area contributed by atoms with Gasteiger partial charge in [-0.2, -0.15) is 4.58 Å². The van der Waals surface area contributed by atoms with E-state index in [0.717, 1.165) is 0 Å². The Hall–Kier alpha value is -2.18. The highest BCUT2D eigenvalue weighted by Gasteiger charge is 2.43. The van der Waals surface area contributed by atoms with Gasteiger partial charge in [-0.25, -0.2) is 0 Å². The third-order valence-electron chi connectivity index (χ3n) is 6.27. The molecule has 0 unspecified atom stereocenters. The van der Waals surface area contributed by atoms with E-state index < -0.39 is 0 Å². The number of para-hydroxylation sites is 2. The summed E-state index contributed by atoms with van der Waals surface area (Å²) in [6.45, 7) is 9.30. The van der Waals surface area contributed by atoms with E-state index in [2.05, 4.69) is 111 Å². The highest BCUT2D eigenvalue weighted by Crippen LogP contribution is 2.47. The third kappa shape index (κ3) is 2.62. The zero-order valence-corrected chi connectivity index (χ0v) is 18.0. The van der Waals surface area contributed by atoms with Crippen LogP contribution >= 0.6 is 8.20 Å². The molecule has 0 N–H and O–H groups in total. The van der Waals surface area contributed by atoms with E-state index in [4.69, 9.17) is 0 Å². The predicted octanol–water partition coefficient (Wildman–Crippen LogP) is 5.71. The first-order valence-electron chi connectivity index (χ1n) is 9.54. The average molecular weight is 375 g/mol. The second kappa shape index (κ2) is 6.17. The van der Waals surface area contributed by atoms with Crippen LogP contribution in [0.2, 0.25) is 0 Å². The Labute approximate surface area is 164 Å². The summed E-state index contributed by atoms with van der Waals surface area (Å²) in [5, 5.41) is 0. The van der Waals surface area contributed by atoms with Crippen molar-refractivity contribution >= 4 is 31.1 Å². The zero-order valence-electron chi connectivity index (χ0n) is 17.1. The first-order valence-corrected chi connectivity index (χ1v) is 10.6. The molecular formula is C24H28N2P+. The molecule has 0 bridgehead atoms. The number of nitrogens with zero attached hydrogens (tertiary/aromatic N) is 2. The highest BCUT2D eigenvalue weighted by molar-refractivity contribution is 7.44. The van der Waals surface area contributed by atoms with Crippen LogP contribution in [0.1, 0.15) is 38.8 Å². The molecular weight excluding hydrogens is 347 g/mol. The minimum Gasteiger partial charge on any atom is -0.347 e. The second-order valence-corrected chi connectivity index (χ2v) is 9.39. The molecule has 0 spiro atoms. The van der Waals surface area contributed by atoms with Crippen LogP contribution in [0.5, 0.6) is 0 Å². The summed E-state index contributed by atoms with van der Waals surface area (Å²) in [5.41, 5.74) is 8.29. The van der Waals surface area contributed by atoms with Gasteiger partial charge in [0, 0.05) is 41.3 Å². The van der Waals surface area contributed by atoms with Crippen LogP contribution in [0.4, 0.5) is 11.4 Å². The molecule has 0 amide bonds. The maximum atomic E-state index is 2.37. The van der Waals surface area contributed by atoms with Gasteiger partial charge >= 0.3 is 0 Å². The van der Waals surface area contributed by atoms with Crippen molar-refractivity contribution in [1.29, 1.82) is 0 Å². The van der Waals surface area contributed by atoms with Crippen molar-refractivity contribution < 1.29 is 4.58 Å². The van der Waals surface area contributed by atoms with Crippen molar-refractivity contribution in [3.8, 4) is 0 Å². The molecule has 0 atom stereocenters. The average Bonchev–Trinajstić information content (AvgIpc) is 2.96. The van der Waals surface area contributed by atoms with E-state index >= 15 is 0 Å². The quantitative estimate of drug-likeness (QED) is 0.481. The molecule has 0 saturated heterocycles. The van der Waals surface area contributed by atoms with Crippen LogP contribution in [-0.2, 0) is 10.8 Å². The lowest BCUT2D eigenvalue weighted by Gasteiger charge is -2.23. The second-order valence-electron chi connectivity index (χ2n) is 8.58. The molecule has 27 heavy (non-hydrogen) atoms. The van der Waals surface area contributed by atoms with Crippen LogP contribution < -0.4 is 4.90 Å². The number of benzene rings is 2. The Morgan fingerprint density at radius 2 is 1.52 bits per heavy atom. The van der Waals surface area contributed by atoms with E-state index in [1.54, 1.807) is 0 Å². The van der Waals surface area contributed by atoms with Gasteiger partial charge in [0.15, 0.2) is 5.71 Å². The van der Waals surface area contributed by atoms with Crippen molar-refractivity contribution in [1.82, 2.24) is 0 Å². The van der Waals surface area contributed by atoms with Crippen molar-refractivity contribution in [3.63, 3.8) is 0 Å². The molecule has 0 saturated carbocycles. The number of allylic oxidation sites excluding steroid dienone is 1. The van der Waals surface area contributed by atoms with Crippen LogP contribution in [0.25, 0.3) is 0 Å². The minimum absolute atomic E-state index is 0.0386. The molecule has 138 valence electrons. The number of anilines is 1. The van der Waals surface area contributed by atoms with E-state index in [-0.39, 0.29) is 10.8 Å². The third-order valence-corrected chi connectivity index (χ3v) is 7.06. The van der Waals surface area contributed by atoms with Gasteiger partial charge < -0.3 is 4.90 Å². The molecule has 2 nitrogen and oxygen atoms in total. The summed E-state index contributed by atoms with van der Waals surface area (Å²) < 4.78 is 2.35. The van der Waals surface area contributed by atoms with Crippen LogP contribution in [0.15, 0.2) is 60.0 Å². The Morgan fingerprint density at radius 1 is 0.889 bits per heavy atom. The molecule has 2 aromatic carbocycles. The Balaban J connectivity index is 1.70. The van der Waals surface area contributed by atoms with Gasteiger partial charge in [-0.05, 0) is 31.3 Å². The van der Waals surface area contributed by atoms with E-state index in [9.17, 15) is 0 Å². The first-order chi connectivity index (χ1) is 12.8. The topological polar surface area (TPSA) is 6.25 Å². The lowest BCUT2D eigenvalue weighted by atomic mass is 9.82. The monoisotopic (exact) mass is 375 g/mol. The molecule has 2 aromatic rings. The molecule has 0 radical (unpaired) electrons. The van der Waals surface area contributed by atoms with Gasteiger partial charge in [-0.3, -0.25) is 0 Å². The standard InChI is InChI=1S/C24H28N2P/c1-23(2)17-11-7-9-13-19(17)25(5)21(23)15-27-16-22-24(3,4)18-12-8-10-14-20(18)26(22)6/h7-16H,1-6H3/q+1. The number of rotatable bonds is 2. The molecule has 3 heteroatoms. The number of hydrogen-bond acceptors (Lipinski definition) is 1. The molecule has 2 heterocycles. The van der Waals surface area contributed by atoms with Crippen LogP contribution in [-0.4, -0.2) is 30.2 Å². The normalized spacial score (nSPS) is 21.3. The fourth-order valence-corrected chi connectivity index (χ4v) is 5.99. The Bertz CT molecular complexity index is 1010. The Morgan fingerprint density at radius 3 is 2.19 bits per heavy atom. The summed E-state index contributed by atoms with van der Waals surface area (Å²) >= 11 is 0. The highest BCUT2D eigenvalue weighted by atomic mass is 31.1. The first kappa shape index (κ1) is 18.2. The van der Waals surface area contributed by atoms with E-state index in [1.165, 1.54) is 42.1 Å². The lowest BCUT2D eigenvalue weighted by molar-refractivity contribution is -0.400. The van der Waals surface area contributed by atoms with E-state index in [1.807, 2.05) is 0 Å². The molecule has 4 rings (SSSR count). The Kier molecular flexibility index (Phi) is 4.16. The minimum atomic E-state index is 0.0386. The zero-order chi connectivity index (χ0) is 19.4. The number of hydrogen-bond donors (Lipinski definition) is 0. The molecule has 0 fully saturated rings. The van der Waals surface area contributed by atoms with Gasteiger partial charge in [0.1, 0.15) is 7.05 Å². The van der Waals surface area contributed by atoms with Crippen molar-refractivity contribution in [3.05, 3.63) is 71.2 Å². The fourth-order valence-electron chi connectivity index (χ4n) is 4.64. The van der Waals surface area contributed by atoms with Gasteiger partial charge in [-0.1, -0.05) is 58.4 Å². The van der Waals surface area contributed by atoms with Crippen molar-refractivity contribution in [2.24, 2.45) is 0 Å².